The molecule has 1 N–H and O–H groups in total. The van der Waals surface area contributed by atoms with Gasteiger partial charge in [0, 0.05) is 11.6 Å². The Morgan fingerprint density at radius 3 is 2.93 bits per heavy atom. The molecule has 0 saturated heterocycles. The summed E-state index contributed by atoms with van der Waals surface area (Å²) in [4.78, 5) is 11.6. The van der Waals surface area contributed by atoms with Crippen LogP contribution < -0.4 is 0 Å². The number of aromatic amines is 1. The van der Waals surface area contributed by atoms with Crippen molar-refractivity contribution in [3.63, 3.8) is 0 Å². The minimum atomic E-state index is 0.505. The zero-order chi connectivity index (χ0) is 10.3. The molecule has 3 nitrogen and oxygen atoms in total. The largest absolute Gasteiger partial charge is 0.329 e. The van der Waals surface area contributed by atoms with E-state index in [2.05, 4.69) is 15.0 Å². The van der Waals surface area contributed by atoms with Gasteiger partial charge in [0.15, 0.2) is 4.77 Å². The summed E-state index contributed by atoms with van der Waals surface area (Å²) >= 11 is 5.01. The highest BCUT2D eigenvalue weighted by Gasteiger charge is 2.02. The lowest BCUT2D eigenvalue weighted by molar-refractivity contribution is 1.30. The summed E-state index contributed by atoms with van der Waals surface area (Å²) in [5, 5.41) is 1.06. The predicted molar refractivity (Wildman–Crippen MR) is 62.2 cm³/mol. The molecule has 0 bridgehead atoms. The fourth-order valence-electron chi connectivity index (χ4n) is 1.65. The molecule has 15 heavy (non-hydrogen) atoms. The average Bonchev–Trinajstić information content (AvgIpc) is 2.48. The van der Waals surface area contributed by atoms with E-state index in [1.165, 1.54) is 0 Å². The van der Waals surface area contributed by atoms with Crippen molar-refractivity contribution in [1.29, 1.82) is 0 Å². The van der Waals surface area contributed by atoms with Gasteiger partial charge in [-0.1, -0.05) is 18.2 Å². The molecule has 1 aromatic carbocycles. The van der Waals surface area contributed by atoms with E-state index in [1.807, 2.05) is 30.3 Å². The van der Waals surface area contributed by atoms with E-state index in [9.17, 15) is 0 Å². The van der Waals surface area contributed by atoms with E-state index in [4.69, 9.17) is 12.2 Å². The molecule has 3 rings (SSSR count). The number of fused-ring (bicyclic) bond motifs is 3. The number of benzene rings is 1. The molecule has 0 fully saturated rings. The molecule has 0 spiro atoms. The molecule has 2 heterocycles. The normalized spacial score (nSPS) is 10.9. The van der Waals surface area contributed by atoms with Crippen molar-refractivity contribution in [2.75, 3.05) is 0 Å². The number of aromatic nitrogens is 3. The van der Waals surface area contributed by atoms with Crippen molar-refractivity contribution in [3.8, 4) is 0 Å². The van der Waals surface area contributed by atoms with Gasteiger partial charge in [0.1, 0.15) is 5.52 Å². The molecular weight excluding hydrogens is 206 g/mol. The van der Waals surface area contributed by atoms with Gasteiger partial charge in [-0.3, -0.25) is 4.98 Å². The fourth-order valence-corrected chi connectivity index (χ4v) is 1.85. The SMILES string of the molecule is S=c1nc2c(ccc3ccccnc32)[nH]1. The molecule has 2 aromatic heterocycles. The summed E-state index contributed by atoms with van der Waals surface area (Å²) in [7, 11) is 0. The second kappa shape index (κ2) is 3.10. The van der Waals surface area contributed by atoms with Crippen molar-refractivity contribution in [2.45, 2.75) is 0 Å². The maximum absolute atomic E-state index is 5.01. The van der Waals surface area contributed by atoms with E-state index in [0.29, 0.717) is 4.77 Å². The van der Waals surface area contributed by atoms with E-state index in [1.54, 1.807) is 6.20 Å². The van der Waals surface area contributed by atoms with Crippen LogP contribution in [0.3, 0.4) is 0 Å². The Labute approximate surface area is 90.8 Å². The maximum atomic E-state index is 5.01. The zero-order valence-corrected chi connectivity index (χ0v) is 8.58. The summed E-state index contributed by atoms with van der Waals surface area (Å²) in [5.74, 6) is 0. The number of rotatable bonds is 0. The first-order chi connectivity index (χ1) is 7.34. The molecule has 0 aliphatic carbocycles. The van der Waals surface area contributed by atoms with Crippen molar-refractivity contribution in [3.05, 3.63) is 41.3 Å². The molecule has 0 unspecified atom stereocenters. The molecule has 4 heteroatoms. The minimum Gasteiger partial charge on any atom is -0.329 e. The maximum Gasteiger partial charge on any atom is 0.197 e. The van der Waals surface area contributed by atoms with Crippen molar-refractivity contribution >= 4 is 34.2 Å². The third-order valence-electron chi connectivity index (χ3n) is 2.31. The number of H-pyrrole nitrogens is 1. The molecule has 0 amide bonds. The van der Waals surface area contributed by atoms with Crippen LogP contribution in [0.25, 0.3) is 21.9 Å². The molecule has 3 aromatic rings. The third kappa shape index (κ3) is 1.30. The number of hydrogen-bond donors (Lipinski definition) is 1. The van der Waals surface area contributed by atoms with Crippen molar-refractivity contribution in [2.24, 2.45) is 0 Å². The minimum absolute atomic E-state index is 0.505. The van der Waals surface area contributed by atoms with Crippen LogP contribution in [0, 0.1) is 4.77 Å². The number of nitrogens with one attached hydrogen (secondary N) is 1. The van der Waals surface area contributed by atoms with Gasteiger partial charge >= 0.3 is 0 Å². The monoisotopic (exact) mass is 213 g/mol. The van der Waals surface area contributed by atoms with Crippen LogP contribution in [0.2, 0.25) is 0 Å². The van der Waals surface area contributed by atoms with Gasteiger partial charge in [-0.15, -0.1) is 0 Å². The van der Waals surface area contributed by atoms with Crippen LogP contribution in [0.1, 0.15) is 0 Å². The molecule has 0 aliphatic heterocycles. The molecule has 0 atom stereocenters. The third-order valence-corrected chi connectivity index (χ3v) is 2.51. The number of hydrogen-bond acceptors (Lipinski definition) is 3. The molecule has 0 radical (unpaired) electrons. The van der Waals surface area contributed by atoms with Gasteiger partial charge in [-0.25, -0.2) is 4.98 Å². The van der Waals surface area contributed by atoms with Crippen LogP contribution in [0.4, 0.5) is 0 Å². The summed E-state index contributed by atoms with van der Waals surface area (Å²) in [6.07, 6.45) is 1.76. The Morgan fingerprint density at radius 1 is 1.07 bits per heavy atom. The lowest BCUT2D eigenvalue weighted by Crippen LogP contribution is -1.75. The summed E-state index contributed by atoms with van der Waals surface area (Å²) in [5.41, 5.74) is 2.66. The van der Waals surface area contributed by atoms with Crippen LogP contribution in [-0.4, -0.2) is 15.0 Å². The van der Waals surface area contributed by atoms with Gasteiger partial charge in [0.25, 0.3) is 0 Å². The topological polar surface area (TPSA) is 41.6 Å². The van der Waals surface area contributed by atoms with Crippen LogP contribution in [0.15, 0.2) is 36.5 Å². The second-order valence-corrected chi connectivity index (χ2v) is 3.66. The van der Waals surface area contributed by atoms with Gasteiger partial charge in [-0.05, 0) is 24.4 Å². The summed E-state index contributed by atoms with van der Waals surface area (Å²) in [6, 6.07) is 9.86. The van der Waals surface area contributed by atoms with Crippen LogP contribution in [-0.2, 0) is 0 Å². The summed E-state index contributed by atoms with van der Waals surface area (Å²) < 4.78 is 0.505. The Morgan fingerprint density at radius 2 is 2.00 bits per heavy atom. The van der Waals surface area contributed by atoms with Gasteiger partial charge in [0.05, 0.1) is 11.0 Å². The molecule has 72 valence electrons. The van der Waals surface area contributed by atoms with Crippen LogP contribution >= 0.6 is 12.2 Å². The second-order valence-electron chi connectivity index (χ2n) is 3.27. The highest BCUT2D eigenvalue weighted by atomic mass is 32.1. The van der Waals surface area contributed by atoms with Crippen molar-refractivity contribution in [1.82, 2.24) is 15.0 Å². The first-order valence-corrected chi connectivity index (χ1v) is 4.99. The van der Waals surface area contributed by atoms with E-state index >= 15 is 0 Å². The lowest BCUT2D eigenvalue weighted by Gasteiger charge is -1.91. The standard InChI is InChI=1S/C11H7N3S/c15-11-13-8-5-4-7-3-1-2-6-12-9(7)10(8)14-11/h1-6H,(H,13,14,15). The van der Waals surface area contributed by atoms with Crippen LogP contribution in [0.5, 0.6) is 0 Å². The lowest BCUT2D eigenvalue weighted by atomic mass is 10.2. The molecule has 0 aliphatic rings. The number of nitrogens with zero attached hydrogens (tertiary/aromatic N) is 2. The Kier molecular flexibility index (Phi) is 1.76. The average molecular weight is 213 g/mol. The predicted octanol–water partition coefficient (Wildman–Crippen LogP) is 2.84. The first-order valence-electron chi connectivity index (χ1n) is 4.58. The fraction of sp³-hybridized carbons (Fsp3) is 0. The highest BCUT2D eigenvalue weighted by molar-refractivity contribution is 7.71. The van der Waals surface area contributed by atoms with E-state index in [-0.39, 0.29) is 0 Å². The first kappa shape index (κ1) is 8.49. The van der Waals surface area contributed by atoms with Gasteiger partial charge in [-0.2, -0.15) is 0 Å². The van der Waals surface area contributed by atoms with Gasteiger partial charge in [0.2, 0.25) is 0 Å². The summed E-state index contributed by atoms with van der Waals surface area (Å²) in [6.45, 7) is 0. The number of imidazole rings is 1. The Bertz CT molecular complexity index is 703. The Hall–Kier alpha value is -1.81. The zero-order valence-electron chi connectivity index (χ0n) is 7.77. The smallest absolute Gasteiger partial charge is 0.197 e. The van der Waals surface area contributed by atoms with E-state index in [0.717, 1.165) is 21.9 Å². The quantitative estimate of drug-likeness (QED) is 0.584. The molecule has 0 saturated carbocycles. The Balaban J connectivity index is 2.65. The van der Waals surface area contributed by atoms with Crippen molar-refractivity contribution < 1.29 is 0 Å². The highest BCUT2D eigenvalue weighted by Crippen LogP contribution is 2.19. The molecular formula is C11H7N3S. The van der Waals surface area contributed by atoms with E-state index < -0.39 is 0 Å². The van der Waals surface area contributed by atoms with Gasteiger partial charge < -0.3 is 4.98 Å².